The van der Waals surface area contributed by atoms with Gasteiger partial charge in [-0.3, -0.25) is 9.69 Å². The van der Waals surface area contributed by atoms with Crippen molar-refractivity contribution in [3.8, 4) is 0 Å². The fraction of sp³-hybridized carbons (Fsp3) is 0.562. The quantitative estimate of drug-likeness (QED) is 0.701. The number of nitrogens with zero attached hydrogens (tertiary/aromatic N) is 1. The molecule has 2 rings (SSSR count). The number of aliphatic carboxylic acids is 1. The summed E-state index contributed by atoms with van der Waals surface area (Å²) in [7, 11) is 0. The summed E-state index contributed by atoms with van der Waals surface area (Å²) in [5.74, 6) is -0.956. The maximum absolute atomic E-state index is 10.5. The predicted molar refractivity (Wildman–Crippen MR) is 81.0 cm³/mol. The van der Waals surface area contributed by atoms with Gasteiger partial charge in [-0.25, -0.2) is 0 Å². The van der Waals surface area contributed by atoms with Gasteiger partial charge in [0.2, 0.25) is 0 Å². The highest BCUT2D eigenvalue weighted by Gasteiger charge is 2.20. The first kappa shape index (κ1) is 15.9. The second kappa shape index (κ2) is 8.12. The molecule has 1 fully saturated rings. The molecule has 1 heterocycles. The molecule has 0 bridgehead atoms. The van der Waals surface area contributed by atoms with Gasteiger partial charge in [0.05, 0.1) is 12.5 Å². The van der Waals surface area contributed by atoms with Crippen LogP contribution in [0.5, 0.6) is 0 Å². The summed E-state index contributed by atoms with van der Waals surface area (Å²) in [5, 5.41) is 21.4. The summed E-state index contributed by atoms with van der Waals surface area (Å²) in [6.07, 6.45) is 1.07. The Morgan fingerprint density at radius 1 is 1.29 bits per heavy atom. The first-order valence-corrected chi connectivity index (χ1v) is 7.53. The zero-order valence-electron chi connectivity index (χ0n) is 12.2. The standard InChI is InChI=1S/C16H24N2O3/c19-15(10-16(20)21)11-17-14-6-8-18(9-7-14)12-13-4-2-1-3-5-13/h1-5,14-15,17,19H,6-12H2,(H,20,21). The van der Waals surface area contributed by atoms with Crippen LogP contribution in [0.15, 0.2) is 30.3 Å². The van der Waals surface area contributed by atoms with Crippen LogP contribution >= 0.6 is 0 Å². The van der Waals surface area contributed by atoms with Crippen molar-refractivity contribution in [3.05, 3.63) is 35.9 Å². The van der Waals surface area contributed by atoms with E-state index >= 15 is 0 Å². The first-order valence-electron chi connectivity index (χ1n) is 7.53. The lowest BCUT2D eigenvalue weighted by molar-refractivity contribution is -0.139. The SMILES string of the molecule is O=C(O)CC(O)CNC1CCN(Cc2ccccc2)CC1. The molecule has 1 aliphatic heterocycles. The van der Waals surface area contributed by atoms with Crippen LogP contribution in [-0.2, 0) is 11.3 Å². The van der Waals surface area contributed by atoms with Crippen molar-refractivity contribution in [2.24, 2.45) is 0 Å². The number of nitrogens with one attached hydrogen (secondary N) is 1. The Morgan fingerprint density at radius 2 is 1.95 bits per heavy atom. The molecule has 1 atom stereocenters. The van der Waals surface area contributed by atoms with Crippen molar-refractivity contribution in [3.63, 3.8) is 0 Å². The Bertz CT molecular complexity index is 430. The number of carboxylic acid groups (broad SMARTS) is 1. The molecular formula is C16H24N2O3. The van der Waals surface area contributed by atoms with Crippen LogP contribution in [0.25, 0.3) is 0 Å². The average molecular weight is 292 g/mol. The van der Waals surface area contributed by atoms with Crippen molar-refractivity contribution >= 4 is 5.97 Å². The van der Waals surface area contributed by atoms with Gasteiger partial charge in [0, 0.05) is 19.1 Å². The van der Waals surface area contributed by atoms with Crippen LogP contribution in [0.3, 0.4) is 0 Å². The van der Waals surface area contributed by atoms with Crippen molar-refractivity contribution in [1.29, 1.82) is 0 Å². The summed E-state index contributed by atoms with van der Waals surface area (Å²) in [5.41, 5.74) is 1.33. The molecule has 1 saturated heterocycles. The van der Waals surface area contributed by atoms with Gasteiger partial charge in [0.15, 0.2) is 0 Å². The van der Waals surface area contributed by atoms with E-state index in [9.17, 15) is 9.90 Å². The average Bonchev–Trinajstić information content (AvgIpc) is 2.47. The maximum atomic E-state index is 10.5. The molecule has 21 heavy (non-hydrogen) atoms. The van der Waals surface area contributed by atoms with Crippen molar-refractivity contribution < 1.29 is 15.0 Å². The molecule has 5 nitrogen and oxygen atoms in total. The van der Waals surface area contributed by atoms with Gasteiger partial charge in [0.1, 0.15) is 0 Å². The lowest BCUT2D eigenvalue weighted by Crippen LogP contribution is -2.44. The summed E-state index contributed by atoms with van der Waals surface area (Å²) in [6.45, 7) is 3.40. The minimum Gasteiger partial charge on any atom is -0.481 e. The highest BCUT2D eigenvalue weighted by Crippen LogP contribution is 2.13. The van der Waals surface area contributed by atoms with E-state index < -0.39 is 12.1 Å². The maximum Gasteiger partial charge on any atom is 0.306 e. The Balaban J connectivity index is 1.65. The van der Waals surface area contributed by atoms with E-state index in [1.165, 1.54) is 5.56 Å². The Hall–Kier alpha value is -1.43. The zero-order chi connectivity index (χ0) is 15.1. The van der Waals surface area contributed by atoms with E-state index in [2.05, 4.69) is 34.5 Å². The Labute approximate surface area is 125 Å². The first-order chi connectivity index (χ1) is 10.1. The van der Waals surface area contributed by atoms with E-state index in [0.29, 0.717) is 12.6 Å². The van der Waals surface area contributed by atoms with Crippen molar-refractivity contribution in [1.82, 2.24) is 10.2 Å². The molecule has 1 unspecified atom stereocenters. The normalized spacial score (nSPS) is 18.5. The number of aliphatic hydroxyl groups excluding tert-OH is 1. The van der Waals surface area contributed by atoms with Gasteiger partial charge in [0.25, 0.3) is 0 Å². The van der Waals surface area contributed by atoms with Gasteiger partial charge in [-0.2, -0.15) is 0 Å². The molecule has 0 radical (unpaired) electrons. The van der Waals surface area contributed by atoms with Crippen molar-refractivity contribution in [2.45, 2.75) is 38.0 Å². The number of rotatable bonds is 7. The molecule has 1 aliphatic rings. The number of piperidine rings is 1. The number of likely N-dealkylation sites (tertiary alicyclic amines) is 1. The lowest BCUT2D eigenvalue weighted by atomic mass is 10.0. The van der Waals surface area contributed by atoms with Gasteiger partial charge >= 0.3 is 5.97 Å². The molecule has 1 aromatic rings. The molecule has 0 aromatic heterocycles. The minimum absolute atomic E-state index is 0.195. The third kappa shape index (κ3) is 5.83. The second-order valence-corrected chi connectivity index (χ2v) is 5.70. The van der Waals surface area contributed by atoms with E-state index in [-0.39, 0.29) is 6.42 Å². The highest BCUT2D eigenvalue weighted by molar-refractivity contribution is 5.67. The largest absolute Gasteiger partial charge is 0.481 e. The molecule has 0 aliphatic carbocycles. The van der Waals surface area contributed by atoms with E-state index in [1.54, 1.807) is 0 Å². The van der Waals surface area contributed by atoms with Gasteiger partial charge < -0.3 is 15.5 Å². The number of hydrogen-bond donors (Lipinski definition) is 3. The molecule has 3 N–H and O–H groups in total. The molecule has 1 aromatic carbocycles. The minimum atomic E-state index is -0.956. The summed E-state index contributed by atoms with van der Waals surface area (Å²) < 4.78 is 0. The van der Waals surface area contributed by atoms with Crippen LogP contribution in [0.2, 0.25) is 0 Å². The zero-order valence-corrected chi connectivity index (χ0v) is 12.2. The molecule has 0 saturated carbocycles. The smallest absolute Gasteiger partial charge is 0.306 e. The van der Waals surface area contributed by atoms with Gasteiger partial charge in [-0.05, 0) is 31.5 Å². The number of aliphatic hydroxyl groups is 1. The van der Waals surface area contributed by atoms with Crippen LogP contribution in [0.4, 0.5) is 0 Å². The third-order valence-corrected chi connectivity index (χ3v) is 3.89. The molecule has 0 spiro atoms. The van der Waals surface area contributed by atoms with E-state index in [1.807, 2.05) is 6.07 Å². The fourth-order valence-corrected chi connectivity index (χ4v) is 2.71. The predicted octanol–water partition coefficient (Wildman–Crippen LogP) is 1.08. The van der Waals surface area contributed by atoms with Crippen LogP contribution in [0, 0.1) is 0 Å². The molecule has 0 amide bonds. The number of carbonyl (C=O) groups is 1. The number of hydrogen-bond acceptors (Lipinski definition) is 4. The van der Waals surface area contributed by atoms with Crippen LogP contribution < -0.4 is 5.32 Å². The highest BCUT2D eigenvalue weighted by atomic mass is 16.4. The van der Waals surface area contributed by atoms with E-state index in [0.717, 1.165) is 32.5 Å². The third-order valence-electron chi connectivity index (χ3n) is 3.89. The molecular weight excluding hydrogens is 268 g/mol. The number of carboxylic acids is 1. The van der Waals surface area contributed by atoms with Gasteiger partial charge in [-0.1, -0.05) is 30.3 Å². The molecule has 116 valence electrons. The Kier molecular flexibility index (Phi) is 6.17. The number of benzene rings is 1. The van der Waals surface area contributed by atoms with Crippen LogP contribution in [-0.4, -0.2) is 52.9 Å². The summed E-state index contributed by atoms with van der Waals surface area (Å²) >= 11 is 0. The van der Waals surface area contributed by atoms with Gasteiger partial charge in [-0.15, -0.1) is 0 Å². The fourth-order valence-electron chi connectivity index (χ4n) is 2.71. The van der Waals surface area contributed by atoms with Crippen molar-refractivity contribution in [2.75, 3.05) is 19.6 Å². The molecule has 5 heteroatoms. The summed E-state index contributed by atoms with van der Waals surface area (Å²) in [4.78, 5) is 12.9. The topological polar surface area (TPSA) is 72.8 Å². The van der Waals surface area contributed by atoms with Crippen LogP contribution in [0.1, 0.15) is 24.8 Å². The summed E-state index contributed by atoms with van der Waals surface area (Å²) in [6, 6.07) is 10.8. The second-order valence-electron chi connectivity index (χ2n) is 5.70. The van der Waals surface area contributed by atoms with E-state index in [4.69, 9.17) is 5.11 Å². The monoisotopic (exact) mass is 292 g/mol. The Morgan fingerprint density at radius 3 is 2.57 bits per heavy atom. The lowest BCUT2D eigenvalue weighted by Gasteiger charge is -2.32.